The topological polar surface area (TPSA) is 21.3 Å². The second-order valence-electron chi connectivity index (χ2n) is 4.43. The van der Waals surface area contributed by atoms with Gasteiger partial charge in [-0.2, -0.15) is 0 Å². The van der Waals surface area contributed by atoms with E-state index >= 15 is 0 Å². The van der Waals surface area contributed by atoms with Gasteiger partial charge in [0.1, 0.15) is 5.75 Å². The van der Waals surface area contributed by atoms with Crippen LogP contribution < -0.4 is 10.1 Å². The summed E-state index contributed by atoms with van der Waals surface area (Å²) in [5.74, 6) is 0.883. The maximum absolute atomic E-state index is 6.13. The summed E-state index contributed by atoms with van der Waals surface area (Å²) in [5.41, 5.74) is 1.91. The molecule has 2 aromatic rings. The number of hydrogen-bond acceptors (Lipinski definition) is 2. The Hall–Kier alpha value is -1.38. The fourth-order valence-electron chi connectivity index (χ4n) is 1.78. The van der Waals surface area contributed by atoms with Gasteiger partial charge in [-0.1, -0.05) is 36.2 Å². The second-order valence-corrected chi connectivity index (χ2v) is 5.24. The van der Waals surface area contributed by atoms with Gasteiger partial charge in [0.25, 0.3) is 0 Å². The Labute approximate surface area is 129 Å². The van der Waals surface area contributed by atoms with E-state index in [0.717, 1.165) is 30.0 Å². The van der Waals surface area contributed by atoms with Gasteiger partial charge in [0.05, 0.1) is 6.61 Å². The molecule has 0 unspecified atom stereocenters. The molecule has 0 aliphatic rings. The maximum atomic E-state index is 6.13. The monoisotopic (exact) mass is 309 g/mol. The molecule has 0 aliphatic carbocycles. The Morgan fingerprint density at radius 1 is 1.00 bits per heavy atom. The van der Waals surface area contributed by atoms with E-state index in [0.29, 0.717) is 16.6 Å². The van der Waals surface area contributed by atoms with E-state index in [9.17, 15) is 0 Å². The summed E-state index contributed by atoms with van der Waals surface area (Å²) in [7, 11) is 0. The zero-order valence-electron chi connectivity index (χ0n) is 11.3. The lowest BCUT2D eigenvalue weighted by atomic mass is 10.2. The zero-order valence-corrected chi connectivity index (χ0v) is 12.8. The van der Waals surface area contributed by atoms with Gasteiger partial charge >= 0.3 is 0 Å². The van der Waals surface area contributed by atoms with Gasteiger partial charge in [-0.3, -0.25) is 0 Å². The molecule has 0 saturated carbocycles. The van der Waals surface area contributed by atoms with Gasteiger partial charge < -0.3 is 10.1 Å². The summed E-state index contributed by atoms with van der Waals surface area (Å²) in [4.78, 5) is 0. The Balaban J connectivity index is 1.97. The van der Waals surface area contributed by atoms with Crippen molar-refractivity contribution < 1.29 is 4.74 Å². The van der Waals surface area contributed by atoms with Crippen molar-refractivity contribution in [3.8, 4) is 5.75 Å². The number of halogens is 2. The van der Waals surface area contributed by atoms with Crippen molar-refractivity contribution in [3.05, 3.63) is 58.1 Å². The number of hydrogen-bond donors (Lipinski definition) is 1. The van der Waals surface area contributed by atoms with Crippen LogP contribution in [0.5, 0.6) is 5.75 Å². The molecule has 2 nitrogen and oxygen atoms in total. The van der Waals surface area contributed by atoms with Gasteiger partial charge in [0.15, 0.2) is 0 Å². The molecule has 0 saturated heterocycles. The van der Waals surface area contributed by atoms with Crippen LogP contribution in [0.1, 0.15) is 18.9 Å². The predicted octanol–water partition coefficient (Wildman–Crippen LogP) is 5.39. The molecule has 0 amide bonds. The molecule has 0 fully saturated rings. The molecule has 2 aromatic carbocycles. The molecule has 0 aromatic heterocycles. The summed E-state index contributed by atoms with van der Waals surface area (Å²) in [6.07, 6.45) is 1.00. The van der Waals surface area contributed by atoms with Gasteiger partial charge in [-0.25, -0.2) is 0 Å². The molecule has 0 spiro atoms. The highest BCUT2D eigenvalue weighted by molar-refractivity contribution is 6.36. The fraction of sp³-hybridized carbons (Fsp3) is 0.250. The first-order chi connectivity index (χ1) is 9.70. The summed E-state index contributed by atoms with van der Waals surface area (Å²) in [5, 5.41) is 4.65. The van der Waals surface area contributed by atoms with Crippen LogP contribution in [0.3, 0.4) is 0 Å². The molecule has 0 bridgehead atoms. The van der Waals surface area contributed by atoms with E-state index in [1.807, 2.05) is 42.5 Å². The van der Waals surface area contributed by atoms with Gasteiger partial charge in [-0.05, 0) is 42.8 Å². The second kappa shape index (κ2) is 7.41. The van der Waals surface area contributed by atoms with Crippen LogP contribution in [0.4, 0.5) is 5.69 Å². The molecule has 4 heteroatoms. The van der Waals surface area contributed by atoms with Crippen molar-refractivity contribution in [1.82, 2.24) is 0 Å². The van der Waals surface area contributed by atoms with E-state index in [-0.39, 0.29) is 0 Å². The molecule has 0 aliphatic heterocycles. The minimum atomic E-state index is 0.591. The zero-order chi connectivity index (χ0) is 14.4. The summed E-state index contributed by atoms with van der Waals surface area (Å²) >= 11 is 12.3. The molecule has 2 rings (SSSR count). The molecular formula is C16H17Cl2NO. The third kappa shape index (κ3) is 4.06. The van der Waals surface area contributed by atoms with E-state index in [1.54, 1.807) is 0 Å². The van der Waals surface area contributed by atoms with E-state index in [4.69, 9.17) is 27.9 Å². The smallest absolute Gasteiger partial charge is 0.119 e. The number of rotatable bonds is 6. The van der Waals surface area contributed by atoms with Crippen LogP contribution in [-0.4, -0.2) is 6.61 Å². The van der Waals surface area contributed by atoms with E-state index in [2.05, 4.69) is 12.2 Å². The third-order valence-electron chi connectivity index (χ3n) is 2.86. The molecule has 1 N–H and O–H groups in total. The van der Waals surface area contributed by atoms with Crippen LogP contribution in [0.15, 0.2) is 42.5 Å². The third-order valence-corrected chi connectivity index (χ3v) is 3.57. The highest BCUT2D eigenvalue weighted by atomic mass is 35.5. The lowest BCUT2D eigenvalue weighted by molar-refractivity contribution is 0.317. The minimum Gasteiger partial charge on any atom is -0.494 e. The van der Waals surface area contributed by atoms with Crippen molar-refractivity contribution >= 4 is 28.9 Å². The van der Waals surface area contributed by atoms with Crippen LogP contribution in [0, 0.1) is 0 Å². The van der Waals surface area contributed by atoms with Crippen LogP contribution in [0.25, 0.3) is 0 Å². The van der Waals surface area contributed by atoms with E-state index < -0.39 is 0 Å². The van der Waals surface area contributed by atoms with Crippen LogP contribution in [-0.2, 0) is 6.54 Å². The summed E-state index contributed by atoms with van der Waals surface area (Å²) in [6, 6.07) is 13.4. The van der Waals surface area contributed by atoms with Crippen molar-refractivity contribution in [3.63, 3.8) is 0 Å². The standard InChI is InChI=1S/C16H17Cl2NO/c1-2-10-20-13-8-6-12(7-9-13)19-11-14-15(17)4-3-5-16(14)18/h3-9,19H,2,10-11H2,1H3. The first-order valence-corrected chi connectivity index (χ1v) is 7.36. The van der Waals surface area contributed by atoms with Crippen LogP contribution in [0.2, 0.25) is 10.0 Å². The number of nitrogens with one attached hydrogen (secondary N) is 1. The average Bonchev–Trinajstić information content (AvgIpc) is 2.46. The molecule has 0 atom stereocenters. The first-order valence-electron chi connectivity index (χ1n) is 6.60. The number of anilines is 1. The molecular weight excluding hydrogens is 293 g/mol. The quantitative estimate of drug-likeness (QED) is 0.772. The Bertz CT molecular complexity index is 535. The summed E-state index contributed by atoms with van der Waals surface area (Å²) < 4.78 is 5.54. The molecule has 20 heavy (non-hydrogen) atoms. The number of benzene rings is 2. The Morgan fingerprint density at radius 3 is 2.25 bits per heavy atom. The number of ether oxygens (including phenoxy) is 1. The fourth-order valence-corrected chi connectivity index (χ4v) is 2.31. The van der Waals surface area contributed by atoms with Gasteiger partial charge in [0, 0.05) is 27.8 Å². The molecule has 106 valence electrons. The SMILES string of the molecule is CCCOc1ccc(NCc2c(Cl)cccc2Cl)cc1. The lowest BCUT2D eigenvalue weighted by Gasteiger charge is -2.10. The van der Waals surface area contributed by atoms with Crippen molar-refractivity contribution in [2.24, 2.45) is 0 Å². The average molecular weight is 310 g/mol. The lowest BCUT2D eigenvalue weighted by Crippen LogP contribution is -2.01. The van der Waals surface area contributed by atoms with Crippen molar-refractivity contribution in [2.75, 3.05) is 11.9 Å². The largest absolute Gasteiger partial charge is 0.494 e. The predicted molar refractivity (Wildman–Crippen MR) is 86.0 cm³/mol. The highest BCUT2D eigenvalue weighted by Crippen LogP contribution is 2.25. The Morgan fingerprint density at radius 2 is 1.65 bits per heavy atom. The molecule has 0 heterocycles. The van der Waals surface area contributed by atoms with E-state index in [1.165, 1.54) is 0 Å². The molecule has 0 radical (unpaired) electrons. The minimum absolute atomic E-state index is 0.591. The Kier molecular flexibility index (Phi) is 5.57. The first kappa shape index (κ1) is 15.0. The normalized spacial score (nSPS) is 10.3. The summed E-state index contributed by atoms with van der Waals surface area (Å²) in [6.45, 7) is 3.42. The van der Waals surface area contributed by atoms with Crippen molar-refractivity contribution in [2.45, 2.75) is 19.9 Å². The maximum Gasteiger partial charge on any atom is 0.119 e. The van der Waals surface area contributed by atoms with Gasteiger partial charge in [0.2, 0.25) is 0 Å². The van der Waals surface area contributed by atoms with Gasteiger partial charge in [-0.15, -0.1) is 0 Å². The highest BCUT2D eigenvalue weighted by Gasteiger charge is 2.05. The van der Waals surface area contributed by atoms with Crippen LogP contribution >= 0.6 is 23.2 Å². The van der Waals surface area contributed by atoms with Crippen molar-refractivity contribution in [1.29, 1.82) is 0 Å².